The van der Waals surface area contributed by atoms with Crippen molar-refractivity contribution in [3.63, 3.8) is 0 Å². The number of rotatable bonds is 5. The zero-order chi connectivity index (χ0) is 15.4. The van der Waals surface area contributed by atoms with E-state index in [-0.39, 0.29) is 11.7 Å². The average molecular weight is 288 g/mol. The van der Waals surface area contributed by atoms with Gasteiger partial charge in [-0.15, -0.1) is 0 Å². The van der Waals surface area contributed by atoms with Crippen LogP contribution >= 0.6 is 0 Å². The molecule has 0 saturated carbocycles. The molecule has 6 heteroatoms. The molecule has 1 aromatic heterocycles. The first-order chi connectivity index (χ1) is 10.0. The Kier molecular flexibility index (Phi) is 4.37. The summed E-state index contributed by atoms with van der Waals surface area (Å²) in [4.78, 5) is 22.6. The van der Waals surface area contributed by atoms with Crippen molar-refractivity contribution >= 4 is 11.9 Å². The molecule has 0 aliphatic heterocycles. The number of carbonyl (C=O) groups is 2. The molecule has 0 bridgehead atoms. The van der Waals surface area contributed by atoms with E-state index in [0.717, 1.165) is 6.42 Å². The third-order valence-corrected chi connectivity index (χ3v) is 2.89. The second kappa shape index (κ2) is 6.21. The fraction of sp³-hybridized carbons (Fsp3) is 0.267. The molecule has 0 saturated heterocycles. The molecule has 110 valence electrons. The maximum absolute atomic E-state index is 11.7. The van der Waals surface area contributed by atoms with Crippen LogP contribution in [-0.4, -0.2) is 33.4 Å². The molecule has 1 N–H and O–H groups in total. The molecule has 0 unspecified atom stereocenters. The van der Waals surface area contributed by atoms with Crippen LogP contribution in [0.15, 0.2) is 30.3 Å². The number of aromatic nitrogens is 2. The number of ether oxygens (including phenoxy) is 1. The van der Waals surface area contributed by atoms with Gasteiger partial charge in [-0.2, -0.15) is 5.10 Å². The van der Waals surface area contributed by atoms with E-state index >= 15 is 0 Å². The maximum Gasteiger partial charge on any atom is 0.356 e. The van der Waals surface area contributed by atoms with Crippen LogP contribution in [0.3, 0.4) is 0 Å². The van der Waals surface area contributed by atoms with Crippen molar-refractivity contribution in [2.75, 3.05) is 6.61 Å². The Labute approximate surface area is 122 Å². The number of carboxylic acid groups (broad SMARTS) is 1. The number of carboxylic acids is 1. The highest BCUT2D eigenvalue weighted by Gasteiger charge is 2.12. The van der Waals surface area contributed by atoms with Crippen LogP contribution in [0, 0.1) is 6.92 Å². The second-order valence-electron chi connectivity index (χ2n) is 4.57. The lowest BCUT2D eigenvalue weighted by molar-refractivity contribution is 0.0504. The van der Waals surface area contributed by atoms with E-state index in [0.29, 0.717) is 23.6 Å². The molecule has 0 radical (unpaired) electrons. The fourth-order valence-corrected chi connectivity index (χ4v) is 1.86. The fourth-order valence-electron chi connectivity index (χ4n) is 1.86. The van der Waals surface area contributed by atoms with Crippen LogP contribution in [0.1, 0.15) is 39.9 Å². The SMILES string of the molecule is CCCOC(=O)c1ccc(-n2nc(C(=O)O)cc2C)cc1. The van der Waals surface area contributed by atoms with Gasteiger partial charge in [0.2, 0.25) is 0 Å². The molecule has 0 aliphatic rings. The molecule has 2 aromatic rings. The van der Waals surface area contributed by atoms with E-state index in [1.807, 2.05) is 6.92 Å². The third kappa shape index (κ3) is 3.28. The molecule has 1 heterocycles. The van der Waals surface area contributed by atoms with Crippen LogP contribution in [0.25, 0.3) is 5.69 Å². The van der Waals surface area contributed by atoms with Crippen molar-refractivity contribution in [3.8, 4) is 5.69 Å². The Hall–Kier alpha value is -2.63. The van der Waals surface area contributed by atoms with E-state index in [2.05, 4.69) is 5.10 Å². The zero-order valence-electron chi connectivity index (χ0n) is 11.9. The van der Waals surface area contributed by atoms with Crippen molar-refractivity contribution in [2.45, 2.75) is 20.3 Å². The summed E-state index contributed by atoms with van der Waals surface area (Å²) in [6, 6.07) is 8.16. The van der Waals surface area contributed by atoms with Crippen LogP contribution in [-0.2, 0) is 4.74 Å². The van der Waals surface area contributed by atoms with Gasteiger partial charge in [-0.1, -0.05) is 6.92 Å². The highest BCUT2D eigenvalue weighted by atomic mass is 16.5. The number of carbonyl (C=O) groups excluding carboxylic acids is 1. The van der Waals surface area contributed by atoms with Gasteiger partial charge in [0.05, 0.1) is 17.9 Å². The van der Waals surface area contributed by atoms with E-state index in [1.54, 1.807) is 31.2 Å². The van der Waals surface area contributed by atoms with Gasteiger partial charge in [0.1, 0.15) is 0 Å². The van der Waals surface area contributed by atoms with Crippen LogP contribution in [0.5, 0.6) is 0 Å². The van der Waals surface area contributed by atoms with Crippen molar-refractivity contribution in [1.29, 1.82) is 0 Å². The standard InChI is InChI=1S/C15H16N2O4/c1-3-8-21-15(20)11-4-6-12(7-5-11)17-10(2)9-13(16-17)14(18)19/h4-7,9H,3,8H2,1-2H3,(H,18,19). The topological polar surface area (TPSA) is 81.4 Å². The van der Waals surface area contributed by atoms with E-state index in [9.17, 15) is 9.59 Å². The lowest BCUT2D eigenvalue weighted by Gasteiger charge is -2.06. The van der Waals surface area contributed by atoms with Crippen molar-refractivity contribution in [3.05, 3.63) is 47.3 Å². The molecule has 6 nitrogen and oxygen atoms in total. The number of hydrogen-bond donors (Lipinski definition) is 1. The minimum atomic E-state index is -1.07. The Morgan fingerprint density at radius 3 is 2.48 bits per heavy atom. The third-order valence-electron chi connectivity index (χ3n) is 2.89. The number of aromatic carboxylic acids is 1. The predicted molar refractivity (Wildman–Crippen MR) is 75.8 cm³/mol. The predicted octanol–water partition coefficient (Wildman–Crippen LogP) is 2.45. The van der Waals surface area contributed by atoms with Gasteiger partial charge in [0.25, 0.3) is 0 Å². The number of aryl methyl sites for hydroxylation is 1. The smallest absolute Gasteiger partial charge is 0.356 e. The zero-order valence-corrected chi connectivity index (χ0v) is 11.9. The first-order valence-corrected chi connectivity index (χ1v) is 6.60. The minimum Gasteiger partial charge on any atom is -0.476 e. The molecule has 0 atom stereocenters. The summed E-state index contributed by atoms with van der Waals surface area (Å²) in [5.41, 5.74) is 1.83. The van der Waals surface area contributed by atoms with Gasteiger partial charge in [-0.05, 0) is 43.7 Å². The second-order valence-corrected chi connectivity index (χ2v) is 4.57. The summed E-state index contributed by atoms with van der Waals surface area (Å²) in [5.74, 6) is -1.44. The molecule has 1 aromatic carbocycles. The molecule has 21 heavy (non-hydrogen) atoms. The van der Waals surface area contributed by atoms with Gasteiger partial charge >= 0.3 is 11.9 Å². The van der Waals surface area contributed by atoms with Gasteiger partial charge in [-0.3, -0.25) is 0 Å². The number of nitrogens with zero attached hydrogens (tertiary/aromatic N) is 2. The Bertz CT molecular complexity index is 659. The van der Waals surface area contributed by atoms with E-state index in [1.165, 1.54) is 10.7 Å². The lowest BCUT2D eigenvalue weighted by atomic mass is 10.2. The molecule has 0 aliphatic carbocycles. The molecule has 0 amide bonds. The Morgan fingerprint density at radius 1 is 1.29 bits per heavy atom. The number of esters is 1. The molecule has 0 fully saturated rings. The van der Waals surface area contributed by atoms with Crippen molar-refractivity contribution < 1.29 is 19.4 Å². The quantitative estimate of drug-likeness (QED) is 0.855. The summed E-state index contributed by atoms with van der Waals surface area (Å²) < 4.78 is 6.56. The van der Waals surface area contributed by atoms with Crippen molar-refractivity contribution in [1.82, 2.24) is 9.78 Å². The highest BCUT2D eigenvalue weighted by Crippen LogP contribution is 2.14. The van der Waals surface area contributed by atoms with Crippen LogP contribution < -0.4 is 0 Å². The molecular weight excluding hydrogens is 272 g/mol. The van der Waals surface area contributed by atoms with Gasteiger partial charge in [-0.25, -0.2) is 14.3 Å². The Balaban J connectivity index is 2.23. The molecule has 2 rings (SSSR count). The lowest BCUT2D eigenvalue weighted by Crippen LogP contribution is -2.07. The number of hydrogen-bond acceptors (Lipinski definition) is 4. The largest absolute Gasteiger partial charge is 0.476 e. The monoisotopic (exact) mass is 288 g/mol. The first-order valence-electron chi connectivity index (χ1n) is 6.60. The summed E-state index contributed by atoms with van der Waals surface area (Å²) in [7, 11) is 0. The van der Waals surface area contributed by atoms with Crippen LogP contribution in [0.2, 0.25) is 0 Å². The maximum atomic E-state index is 11.7. The minimum absolute atomic E-state index is 0.0149. The van der Waals surface area contributed by atoms with Gasteiger partial charge < -0.3 is 9.84 Å². The summed E-state index contributed by atoms with van der Waals surface area (Å²) >= 11 is 0. The summed E-state index contributed by atoms with van der Waals surface area (Å²) in [6.45, 7) is 4.08. The first kappa shape index (κ1) is 14.8. The van der Waals surface area contributed by atoms with Crippen LogP contribution in [0.4, 0.5) is 0 Å². The normalized spacial score (nSPS) is 10.4. The average Bonchev–Trinajstić information content (AvgIpc) is 2.87. The summed E-state index contributed by atoms with van der Waals surface area (Å²) in [5, 5.41) is 12.9. The van der Waals surface area contributed by atoms with Gasteiger partial charge in [0, 0.05) is 5.69 Å². The number of benzene rings is 1. The molecular formula is C15H16N2O4. The van der Waals surface area contributed by atoms with Crippen molar-refractivity contribution in [2.24, 2.45) is 0 Å². The highest BCUT2D eigenvalue weighted by molar-refractivity contribution is 5.89. The van der Waals surface area contributed by atoms with Gasteiger partial charge in [0.15, 0.2) is 5.69 Å². The molecule has 0 spiro atoms. The van der Waals surface area contributed by atoms with E-state index in [4.69, 9.17) is 9.84 Å². The summed E-state index contributed by atoms with van der Waals surface area (Å²) in [6.07, 6.45) is 0.772. The Morgan fingerprint density at radius 2 is 1.95 bits per heavy atom. The van der Waals surface area contributed by atoms with E-state index < -0.39 is 5.97 Å².